The second-order valence-electron chi connectivity index (χ2n) is 4.70. The van der Waals surface area contributed by atoms with Gasteiger partial charge in [0.05, 0.1) is 5.69 Å². The Labute approximate surface area is 100 Å². The van der Waals surface area contributed by atoms with Crippen molar-refractivity contribution >= 4 is 17.6 Å². The first-order valence-electron chi connectivity index (χ1n) is 6.01. The van der Waals surface area contributed by atoms with E-state index in [2.05, 4.69) is 19.2 Å². The van der Waals surface area contributed by atoms with Crippen LogP contribution in [0.3, 0.4) is 0 Å². The van der Waals surface area contributed by atoms with Crippen LogP contribution in [0.4, 0.5) is 5.82 Å². The molecule has 1 aromatic heterocycles. The summed E-state index contributed by atoms with van der Waals surface area (Å²) in [6.45, 7) is 5.34. The van der Waals surface area contributed by atoms with Crippen molar-refractivity contribution in [2.24, 2.45) is 5.92 Å². The van der Waals surface area contributed by atoms with Crippen LogP contribution in [0.15, 0.2) is 0 Å². The average molecular weight is 235 g/mol. The number of anilines is 1. The molecule has 0 spiro atoms. The highest BCUT2D eigenvalue weighted by molar-refractivity contribution is 7.98. The Morgan fingerprint density at radius 2 is 2.19 bits per heavy atom. The van der Waals surface area contributed by atoms with Crippen LogP contribution in [0.25, 0.3) is 0 Å². The van der Waals surface area contributed by atoms with Crippen molar-refractivity contribution in [2.75, 3.05) is 11.9 Å². The van der Waals surface area contributed by atoms with E-state index < -0.39 is 0 Å². The Balaban J connectivity index is 1.99. The van der Waals surface area contributed by atoms with Crippen molar-refractivity contribution in [3.05, 3.63) is 17.1 Å². The molecule has 86 valence electrons. The van der Waals surface area contributed by atoms with E-state index in [4.69, 9.17) is 9.97 Å². The topological polar surface area (TPSA) is 37.8 Å². The molecule has 0 aromatic carbocycles. The normalized spacial score (nSPS) is 26.6. The maximum absolute atomic E-state index is 4.74. The maximum atomic E-state index is 4.74. The third-order valence-corrected chi connectivity index (χ3v) is 4.35. The molecule has 4 heteroatoms. The van der Waals surface area contributed by atoms with Gasteiger partial charge in [-0.2, -0.15) is 11.8 Å². The minimum Gasteiger partial charge on any atom is -0.370 e. The molecule has 0 radical (unpaired) electrons. The quantitative estimate of drug-likeness (QED) is 0.874. The van der Waals surface area contributed by atoms with Crippen molar-refractivity contribution < 1.29 is 0 Å². The molecule has 1 N–H and O–H groups in total. The average Bonchev–Trinajstić information content (AvgIpc) is 2.81. The van der Waals surface area contributed by atoms with Gasteiger partial charge in [-0.3, -0.25) is 0 Å². The number of aromatic nitrogens is 2. The molecule has 2 atom stereocenters. The van der Waals surface area contributed by atoms with E-state index in [0.717, 1.165) is 35.6 Å². The number of hydrogen-bond donors (Lipinski definition) is 1. The third kappa shape index (κ3) is 1.69. The van der Waals surface area contributed by atoms with Crippen LogP contribution in [-0.4, -0.2) is 16.5 Å². The van der Waals surface area contributed by atoms with Crippen LogP contribution < -0.4 is 5.32 Å². The second-order valence-corrected chi connectivity index (χ2v) is 5.68. The number of nitrogens with one attached hydrogen (secondary N) is 1. The summed E-state index contributed by atoms with van der Waals surface area (Å²) in [6.07, 6.45) is 1.26. The minimum atomic E-state index is 0.619. The number of hydrogen-bond acceptors (Lipinski definition) is 4. The summed E-state index contributed by atoms with van der Waals surface area (Å²) < 4.78 is 0. The molecule has 1 aliphatic heterocycles. The summed E-state index contributed by atoms with van der Waals surface area (Å²) in [5, 5.41) is 3.38. The Hall–Kier alpha value is -0.770. The van der Waals surface area contributed by atoms with E-state index >= 15 is 0 Å². The fourth-order valence-corrected chi connectivity index (χ4v) is 3.27. The first-order chi connectivity index (χ1) is 7.79. The molecule has 0 amide bonds. The summed E-state index contributed by atoms with van der Waals surface area (Å²) in [6, 6.07) is 0. The van der Waals surface area contributed by atoms with Gasteiger partial charge >= 0.3 is 0 Å². The first kappa shape index (κ1) is 10.4. The molecule has 1 aliphatic carbocycles. The highest BCUT2D eigenvalue weighted by Gasteiger charge is 2.37. The molecule has 2 aliphatic rings. The van der Waals surface area contributed by atoms with E-state index in [1.54, 1.807) is 0 Å². The maximum Gasteiger partial charge on any atom is 0.134 e. The molecule has 1 aromatic rings. The highest BCUT2D eigenvalue weighted by Crippen LogP contribution is 2.46. The first-order valence-corrected chi connectivity index (χ1v) is 7.16. The predicted molar refractivity (Wildman–Crippen MR) is 67.7 cm³/mol. The van der Waals surface area contributed by atoms with Gasteiger partial charge in [-0.05, 0) is 19.3 Å². The lowest BCUT2D eigenvalue weighted by atomic mass is 10.2. The van der Waals surface area contributed by atoms with Gasteiger partial charge < -0.3 is 5.32 Å². The summed E-state index contributed by atoms with van der Waals surface area (Å²) in [5.74, 6) is 5.69. The van der Waals surface area contributed by atoms with Crippen molar-refractivity contribution in [2.45, 2.75) is 37.7 Å². The largest absolute Gasteiger partial charge is 0.370 e. The highest BCUT2D eigenvalue weighted by atomic mass is 32.2. The van der Waals surface area contributed by atoms with Crippen LogP contribution in [0.1, 0.15) is 43.3 Å². The third-order valence-electron chi connectivity index (χ3n) is 3.38. The van der Waals surface area contributed by atoms with Crippen LogP contribution >= 0.6 is 11.8 Å². The molecule has 1 fully saturated rings. The zero-order valence-corrected chi connectivity index (χ0v) is 10.6. The summed E-state index contributed by atoms with van der Waals surface area (Å²) in [4.78, 5) is 9.45. The molecule has 3 rings (SSSR count). The minimum absolute atomic E-state index is 0.619. The lowest BCUT2D eigenvalue weighted by Gasteiger charge is -2.10. The molecular weight excluding hydrogens is 218 g/mol. The van der Waals surface area contributed by atoms with Gasteiger partial charge in [-0.25, -0.2) is 9.97 Å². The van der Waals surface area contributed by atoms with Gasteiger partial charge in [-0.1, -0.05) is 6.92 Å². The Bertz CT molecular complexity index is 419. The summed E-state index contributed by atoms with van der Waals surface area (Å²) in [5.41, 5.74) is 2.61. The fourth-order valence-electron chi connectivity index (χ4n) is 2.23. The monoisotopic (exact) mass is 235 g/mol. The zero-order chi connectivity index (χ0) is 11.1. The summed E-state index contributed by atoms with van der Waals surface area (Å²) in [7, 11) is 0. The fraction of sp³-hybridized carbons (Fsp3) is 0.667. The molecule has 0 saturated heterocycles. The van der Waals surface area contributed by atoms with Gasteiger partial charge in [0, 0.05) is 29.5 Å². The van der Waals surface area contributed by atoms with Crippen molar-refractivity contribution in [1.29, 1.82) is 0 Å². The Morgan fingerprint density at radius 1 is 1.38 bits per heavy atom. The lowest BCUT2D eigenvalue weighted by molar-refractivity contribution is 0.827. The molecule has 3 nitrogen and oxygen atoms in total. The Morgan fingerprint density at radius 3 is 2.88 bits per heavy atom. The predicted octanol–water partition coefficient (Wildman–Crippen LogP) is 2.78. The van der Waals surface area contributed by atoms with Gasteiger partial charge in [-0.15, -0.1) is 0 Å². The van der Waals surface area contributed by atoms with E-state index in [1.165, 1.54) is 17.7 Å². The molecule has 0 bridgehead atoms. The summed E-state index contributed by atoms with van der Waals surface area (Å²) >= 11 is 1.94. The molecule has 16 heavy (non-hydrogen) atoms. The van der Waals surface area contributed by atoms with Crippen molar-refractivity contribution in [1.82, 2.24) is 9.97 Å². The van der Waals surface area contributed by atoms with Gasteiger partial charge in [0.2, 0.25) is 0 Å². The lowest BCUT2D eigenvalue weighted by Crippen LogP contribution is -2.08. The molecule has 2 heterocycles. The van der Waals surface area contributed by atoms with Crippen molar-refractivity contribution in [3.8, 4) is 0 Å². The number of fused-ring (bicyclic) bond motifs is 1. The van der Waals surface area contributed by atoms with Gasteiger partial charge in [0.1, 0.15) is 11.6 Å². The zero-order valence-electron chi connectivity index (χ0n) is 9.79. The van der Waals surface area contributed by atoms with Gasteiger partial charge in [0.15, 0.2) is 0 Å². The van der Waals surface area contributed by atoms with Crippen LogP contribution in [0, 0.1) is 5.92 Å². The van der Waals surface area contributed by atoms with E-state index in [-0.39, 0.29) is 0 Å². The van der Waals surface area contributed by atoms with E-state index in [1.807, 2.05) is 11.8 Å². The SMILES string of the molecule is CCNc1nc(C2CC2C)nc2c1CSC2. The van der Waals surface area contributed by atoms with Crippen molar-refractivity contribution in [3.63, 3.8) is 0 Å². The number of nitrogens with zero attached hydrogens (tertiary/aromatic N) is 2. The van der Waals surface area contributed by atoms with Crippen LogP contribution in [-0.2, 0) is 11.5 Å². The Kier molecular flexibility index (Phi) is 2.54. The van der Waals surface area contributed by atoms with E-state index in [9.17, 15) is 0 Å². The molecular formula is C12H17N3S. The van der Waals surface area contributed by atoms with Crippen LogP contribution in [0.5, 0.6) is 0 Å². The number of rotatable bonds is 3. The standard InChI is InChI=1S/C12H17N3S/c1-3-13-11-9-5-16-6-10(9)14-12(15-11)8-4-7(8)2/h7-8H,3-6H2,1-2H3,(H,13,14,15). The van der Waals surface area contributed by atoms with Gasteiger partial charge in [0.25, 0.3) is 0 Å². The molecule has 1 saturated carbocycles. The van der Waals surface area contributed by atoms with E-state index in [0.29, 0.717) is 5.92 Å². The van der Waals surface area contributed by atoms with Crippen LogP contribution in [0.2, 0.25) is 0 Å². The number of thioether (sulfide) groups is 1. The smallest absolute Gasteiger partial charge is 0.134 e. The molecule has 2 unspecified atom stereocenters. The second kappa shape index (κ2) is 3.91.